The van der Waals surface area contributed by atoms with Crippen molar-refractivity contribution in [3.63, 3.8) is 0 Å². The fourth-order valence-corrected chi connectivity index (χ4v) is 0. The summed E-state index contributed by atoms with van der Waals surface area (Å²) in [6.45, 7) is 0. The Morgan fingerprint density at radius 2 is 1.25 bits per heavy atom. The third-order valence-corrected chi connectivity index (χ3v) is 0. The Morgan fingerprint density at radius 3 is 1.25 bits per heavy atom. The molecule has 3 N–H and O–H groups in total. The zero-order chi connectivity index (χ0) is 4.50. The number of hydrogen-bond donors (Lipinski definition) is 3. The van der Waals surface area contributed by atoms with Gasteiger partial charge >= 0.3 is 37.4 Å². The fraction of sp³-hybridized carbons (Fsp3) is 0. The van der Waals surface area contributed by atoms with Gasteiger partial charge in [-0.2, -0.15) is 0 Å². The van der Waals surface area contributed by atoms with Gasteiger partial charge in [-0.05, 0) is 0 Å². The second-order valence-corrected chi connectivity index (χ2v) is 1.54. The zero-order valence-electron chi connectivity index (χ0n) is 5.31. The first-order valence-corrected chi connectivity index (χ1v) is 2.35. The van der Waals surface area contributed by atoms with Gasteiger partial charge in [0, 0.05) is 19.5 Å². The number of rotatable bonds is 0. The molecule has 0 aromatic rings. The van der Waals surface area contributed by atoms with Gasteiger partial charge in [-0.3, -0.25) is 4.70 Å². The van der Waals surface area contributed by atoms with Crippen LogP contribution < -0.4 is 29.6 Å². The first-order chi connectivity index (χ1) is 2.00. The average molecular weight is 207 g/mol. The zero-order valence-corrected chi connectivity index (χ0v) is 10.2. The summed E-state index contributed by atoms with van der Waals surface area (Å²) in [6, 6.07) is 0. The summed E-state index contributed by atoms with van der Waals surface area (Å²) in [6.07, 6.45) is 0. The Labute approximate surface area is 81.8 Å². The van der Waals surface area contributed by atoms with Crippen molar-refractivity contribution in [2.75, 3.05) is 0 Å². The molecule has 8 heteroatoms. The molecule has 0 radical (unpaired) electrons. The summed E-state index contributed by atoms with van der Waals surface area (Å²) in [7, 11) is -4.64. The Morgan fingerprint density at radius 1 is 1.25 bits per heavy atom. The summed E-state index contributed by atoms with van der Waals surface area (Å²) < 4.78 is 8.88. The molecule has 0 unspecified atom stereocenters. The van der Waals surface area contributed by atoms with Gasteiger partial charge in [0.1, 0.15) is 0 Å². The predicted molar refractivity (Wildman–Crippen MR) is 17.9 cm³/mol. The second-order valence-electron chi connectivity index (χ2n) is 0.513. The van der Waals surface area contributed by atoms with E-state index in [1.807, 2.05) is 0 Å². The minimum Gasteiger partial charge on any atom is -1.00 e. The summed E-state index contributed by atoms with van der Waals surface area (Å²) in [4.78, 5) is 21.6. The predicted octanol–water partition coefficient (Wildman–Crippen LogP) is -3.66. The van der Waals surface area contributed by atoms with Crippen LogP contribution >= 0.6 is 7.82 Å². The molecule has 0 aliphatic rings. The van der Waals surface area contributed by atoms with Gasteiger partial charge in [-0.25, -0.2) is 4.57 Å². The van der Waals surface area contributed by atoms with Gasteiger partial charge in [0.25, 0.3) is 0 Å². The van der Waals surface area contributed by atoms with Crippen LogP contribution in [0.15, 0.2) is 0 Å². The van der Waals surface area contributed by atoms with Crippen molar-refractivity contribution >= 4 is 7.82 Å². The first kappa shape index (κ1) is 22.6. The van der Waals surface area contributed by atoms with Crippen LogP contribution in [0.2, 0.25) is 0 Å². The van der Waals surface area contributed by atoms with E-state index in [4.69, 9.17) is 19.2 Å². The molecule has 0 aliphatic heterocycles. The van der Waals surface area contributed by atoms with Crippen LogP contribution in [0.25, 0.3) is 0 Å². The van der Waals surface area contributed by atoms with E-state index in [9.17, 15) is 0 Å². The minimum atomic E-state index is -4.64. The van der Waals surface area contributed by atoms with Crippen molar-refractivity contribution in [2.45, 2.75) is 0 Å². The van der Waals surface area contributed by atoms with E-state index in [-0.39, 0.29) is 55.2 Å². The van der Waals surface area contributed by atoms with Crippen LogP contribution in [0.5, 0.6) is 0 Å². The molecule has 0 heterocycles. The topological polar surface area (TPSA) is 77.8 Å². The third-order valence-electron chi connectivity index (χ3n) is 0. The molecule has 0 rings (SSSR count). The van der Waals surface area contributed by atoms with Crippen LogP contribution in [0.4, 0.5) is 4.70 Å². The first-order valence-electron chi connectivity index (χ1n) is 0.783. The monoisotopic (exact) mass is 206 g/mol. The quantitative estimate of drug-likeness (QED) is 0.283. The van der Waals surface area contributed by atoms with Gasteiger partial charge in [-0.1, -0.05) is 0 Å². The van der Waals surface area contributed by atoms with Crippen LogP contribution in [0, 0.1) is 0 Å². The molecule has 0 aromatic heterocycles. The van der Waals surface area contributed by atoms with Crippen molar-refractivity contribution in [3.05, 3.63) is 0 Å². The molecule has 0 aromatic carbocycles. The Bertz CT molecular complexity index is 66.7. The molecule has 0 amide bonds. The number of halogens is 1. The van der Waals surface area contributed by atoms with Gasteiger partial charge in [-0.15, -0.1) is 0 Å². The summed E-state index contributed by atoms with van der Waals surface area (Å²) >= 11 is 0. The molecule has 0 atom stereocenters. The minimum absolute atomic E-state index is 0. The molecule has 0 aliphatic carbocycles. The van der Waals surface area contributed by atoms with Gasteiger partial charge in [0.2, 0.25) is 0 Å². The van der Waals surface area contributed by atoms with Crippen molar-refractivity contribution in [2.24, 2.45) is 0 Å². The largest absolute Gasteiger partial charge is 1.00 e. The molecule has 0 saturated heterocycles. The molecule has 0 fully saturated rings. The van der Waals surface area contributed by atoms with Gasteiger partial charge in [0.15, 0.2) is 0 Å². The van der Waals surface area contributed by atoms with Crippen LogP contribution in [-0.2, 0) is 24.0 Å². The Hall–Kier alpha value is 1.66. The van der Waals surface area contributed by atoms with E-state index < -0.39 is 7.82 Å². The molecule has 0 bridgehead atoms. The van der Waals surface area contributed by atoms with E-state index in [0.717, 1.165) is 0 Å². The van der Waals surface area contributed by atoms with Crippen molar-refractivity contribution in [3.8, 4) is 0 Å². The molecular weight excluding hydrogens is 202 g/mol. The summed E-state index contributed by atoms with van der Waals surface area (Å²) in [5.41, 5.74) is 0. The van der Waals surface area contributed by atoms with E-state index in [1.54, 1.807) is 0 Å². The van der Waals surface area contributed by atoms with E-state index >= 15 is 0 Å². The fourth-order valence-electron chi connectivity index (χ4n) is 0. The maximum Gasteiger partial charge on any atom is 1.00 e. The normalized spacial score (nSPS) is 7.38. The maximum absolute atomic E-state index is 8.88. The molecule has 44 valence electrons. The summed E-state index contributed by atoms with van der Waals surface area (Å²) in [5.74, 6) is 0. The van der Waals surface area contributed by atoms with Crippen molar-refractivity contribution < 1.29 is 74.4 Å². The molecule has 0 spiro atoms. The number of hydrogen-bond acceptors (Lipinski definition) is 1. The standard InChI is InChI=1S/FH.Na.H3O4P.Zn.H/c;;1-5(2,3)4;;/h1H;;(H3,1,2,3,4);;/q;+1;;;-1. The molecule has 0 saturated carbocycles. The molecule has 4 nitrogen and oxygen atoms in total. The van der Waals surface area contributed by atoms with E-state index in [2.05, 4.69) is 0 Å². The van der Waals surface area contributed by atoms with Gasteiger partial charge in [0.05, 0.1) is 0 Å². The van der Waals surface area contributed by atoms with Crippen LogP contribution in [-0.4, -0.2) is 14.7 Å². The average Bonchev–Trinajstić information content (AvgIpc) is 0.722. The Kier molecular flexibility index (Phi) is 24.5. The van der Waals surface area contributed by atoms with Gasteiger partial charge < -0.3 is 16.1 Å². The third kappa shape index (κ3) is 123. The van der Waals surface area contributed by atoms with Crippen molar-refractivity contribution in [1.29, 1.82) is 0 Å². The number of phosphoric acid groups is 1. The van der Waals surface area contributed by atoms with Crippen molar-refractivity contribution in [1.82, 2.24) is 0 Å². The molecule has 8 heavy (non-hydrogen) atoms. The molecular formula is H5FNaO4PZn. The van der Waals surface area contributed by atoms with Crippen LogP contribution in [0.1, 0.15) is 1.43 Å². The van der Waals surface area contributed by atoms with Crippen LogP contribution in [0.3, 0.4) is 0 Å². The summed E-state index contributed by atoms with van der Waals surface area (Å²) in [5, 5.41) is 0. The Balaban J connectivity index is -0.0000000133. The smallest absolute Gasteiger partial charge is 1.00 e. The maximum atomic E-state index is 8.88. The second kappa shape index (κ2) is 8.66. The SMILES string of the molecule is F.O=P(O)(O)O.[H-].[Na+].[Zn]. The van der Waals surface area contributed by atoms with E-state index in [1.165, 1.54) is 0 Å². The van der Waals surface area contributed by atoms with E-state index in [0.29, 0.717) is 0 Å².